The molecule has 3 aromatic rings. The van der Waals surface area contributed by atoms with E-state index >= 15 is 0 Å². The second kappa shape index (κ2) is 12.9. The van der Waals surface area contributed by atoms with Crippen LogP contribution in [0, 0.1) is 16.7 Å². The normalized spacial score (nSPS) is 21.3. The van der Waals surface area contributed by atoms with Gasteiger partial charge in [-0.3, -0.25) is 4.79 Å². The summed E-state index contributed by atoms with van der Waals surface area (Å²) in [6.07, 6.45) is 1.75. The van der Waals surface area contributed by atoms with Crippen LogP contribution in [0.25, 0.3) is 0 Å². The molecule has 0 N–H and O–H groups in total. The van der Waals surface area contributed by atoms with Gasteiger partial charge < -0.3 is 14.2 Å². The fourth-order valence-corrected chi connectivity index (χ4v) is 13.1. The molecule has 0 aliphatic heterocycles. The average Bonchev–Trinajstić information content (AvgIpc) is 3.31. The van der Waals surface area contributed by atoms with Gasteiger partial charge in [0, 0.05) is 21.1 Å². The van der Waals surface area contributed by atoms with Crippen molar-refractivity contribution < 1.29 is 31.1 Å². The Morgan fingerprint density at radius 1 is 0.674 bits per heavy atom. The molecule has 3 aromatic carbocycles. The molecule has 2 aliphatic rings. The van der Waals surface area contributed by atoms with Gasteiger partial charge in [0.15, 0.2) is 0 Å². The highest BCUT2D eigenvalue weighted by molar-refractivity contribution is 8.33. The van der Waals surface area contributed by atoms with E-state index in [1.807, 2.05) is 128 Å². The molecule has 2 aliphatic carbocycles. The minimum Gasteiger partial charge on any atom is -0.491 e. The topological polar surface area (TPSA) is 88.1 Å². The number of carbonyl (C=O) groups is 1. The number of ketones is 1. The maximum Gasteiger partial charge on any atom is 0.278 e. The number of Topliss-reactive ketones (excluding diaryl/α,β-unsaturated/α-hetero) is 1. The molecule has 250 valence electrons. The third-order valence-electron chi connectivity index (χ3n) is 9.35. The maximum atomic E-state index is 14.5. The Balaban J connectivity index is 1.69. The van der Waals surface area contributed by atoms with Gasteiger partial charge >= 0.3 is 0 Å². The van der Waals surface area contributed by atoms with Crippen LogP contribution in [0.4, 0.5) is 0 Å². The second-order valence-electron chi connectivity index (χ2n) is 13.9. The summed E-state index contributed by atoms with van der Waals surface area (Å²) in [7, 11) is -7.19. The highest BCUT2D eigenvalue weighted by Gasteiger charge is 2.65. The summed E-state index contributed by atoms with van der Waals surface area (Å²) in [5.74, 6) is 1.88. The van der Waals surface area contributed by atoms with Crippen LogP contribution in [0.15, 0.2) is 87.5 Å². The van der Waals surface area contributed by atoms with Crippen molar-refractivity contribution in [3.05, 3.63) is 72.8 Å². The van der Waals surface area contributed by atoms with Crippen molar-refractivity contribution in [2.45, 2.75) is 108 Å². The molecule has 46 heavy (non-hydrogen) atoms. The Morgan fingerprint density at radius 3 is 1.33 bits per heavy atom. The molecule has 2 fully saturated rings. The van der Waals surface area contributed by atoms with Gasteiger partial charge in [-0.15, -0.1) is 0 Å². The number of hydrogen-bond acceptors (Lipinski definition) is 7. The molecule has 9 heteroatoms. The Morgan fingerprint density at radius 2 is 1.04 bits per heavy atom. The first-order valence-corrected chi connectivity index (χ1v) is 19.3. The lowest BCUT2D eigenvalue weighted by Gasteiger charge is -2.41. The van der Waals surface area contributed by atoms with Crippen LogP contribution < -0.4 is 14.2 Å². The van der Waals surface area contributed by atoms with E-state index in [1.54, 1.807) is 0 Å². The van der Waals surface area contributed by atoms with Gasteiger partial charge in [0.1, 0.15) is 23.0 Å². The quantitative estimate of drug-likeness (QED) is 0.180. The lowest BCUT2D eigenvalue weighted by Crippen LogP contribution is -2.42. The number of rotatable bonds is 13. The van der Waals surface area contributed by atoms with E-state index in [0.29, 0.717) is 44.8 Å². The summed E-state index contributed by atoms with van der Waals surface area (Å²) >= 11 is 0. The molecule has 2 atom stereocenters. The number of fused-ring (bicyclic) bond motifs is 2. The predicted octanol–water partition coefficient (Wildman–Crippen LogP) is 8.99. The number of carbonyl (C=O) groups excluding carboxylic acids is 1. The third-order valence-corrected chi connectivity index (χ3v) is 14.7. The first-order chi connectivity index (χ1) is 21.6. The SMILES string of the molecule is CC(C)Oc1ccc(S(OS(=O)(=O)CC23CCC(CC2=O)C3(C)C)(c2ccc(OC(C)C)cc2)c2ccc(OC(C)C)cc2)cc1. The molecular formula is C37H48O7S2. The van der Waals surface area contributed by atoms with E-state index in [-0.39, 0.29) is 35.8 Å². The number of benzene rings is 3. The minimum atomic E-state index is -4.28. The van der Waals surface area contributed by atoms with Crippen molar-refractivity contribution >= 4 is 26.2 Å². The molecular weight excluding hydrogens is 621 g/mol. The first-order valence-electron chi connectivity index (χ1n) is 16.2. The van der Waals surface area contributed by atoms with Gasteiger partial charge in [0.2, 0.25) is 0 Å². The maximum absolute atomic E-state index is 14.5. The van der Waals surface area contributed by atoms with Crippen LogP contribution in [0.2, 0.25) is 0 Å². The van der Waals surface area contributed by atoms with Crippen LogP contribution in [-0.2, 0) is 18.5 Å². The fraction of sp³-hybridized carbons (Fsp3) is 0.486. The average molecular weight is 669 g/mol. The molecule has 0 radical (unpaired) electrons. The molecule has 0 amide bonds. The molecule has 0 saturated heterocycles. The van der Waals surface area contributed by atoms with E-state index < -0.39 is 31.3 Å². The van der Waals surface area contributed by atoms with Gasteiger partial charge in [0.25, 0.3) is 10.1 Å². The lowest BCUT2D eigenvalue weighted by molar-refractivity contribution is -0.128. The summed E-state index contributed by atoms with van der Waals surface area (Å²) in [5.41, 5.74) is -1.40. The standard InChI is InChI=1S/C37H48O7S2/c1-25(2)41-29-9-15-32(16-10-29)46(33-17-11-30(12-18-33)42-26(3)4,34-19-13-31(14-20-34)43-27(5)6)44-45(39,40)24-37-22-21-28(23-35(37)38)36(37,7)8/h9-20,25-28H,21-24H2,1-8H3. The van der Waals surface area contributed by atoms with Crippen LogP contribution in [0.1, 0.15) is 74.7 Å². The molecule has 0 spiro atoms. The van der Waals surface area contributed by atoms with Crippen LogP contribution in [-0.4, -0.2) is 38.3 Å². The van der Waals surface area contributed by atoms with Gasteiger partial charge in [-0.1, -0.05) is 13.8 Å². The zero-order valence-corrected chi connectivity index (χ0v) is 29.9. The largest absolute Gasteiger partial charge is 0.491 e. The fourth-order valence-electron chi connectivity index (χ4n) is 7.06. The monoisotopic (exact) mass is 668 g/mol. The summed E-state index contributed by atoms with van der Waals surface area (Å²) < 4.78 is 53.6. The minimum absolute atomic E-state index is 0.0246. The third kappa shape index (κ3) is 6.56. The summed E-state index contributed by atoms with van der Waals surface area (Å²) in [6.45, 7) is 15.8. The highest BCUT2D eigenvalue weighted by Crippen LogP contribution is 2.71. The highest BCUT2D eigenvalue weighted by atomic mass is 32.3. The zero-order chi connectivity index (χ0) is 33.5. The van der Waals surface area contributed by atoms with Crippen LogP contribution in [0.5, 0.6) is 17.2 Å². The van der Waals surface area contributed by atoms with E-state index in [4.69, 9.17) is 17.8 Å². The summed E-state index contributed by atoms with van der Waals surface area (Å²) in [4.78, 5) is 15.5. The van der Waals surface area contributed by atoms with Crippen LogP contribution in [0.3, 0.4) is 0 Å². The second-order valence-corrected chi connectivity index (χ2v) is 18.4. The molecule has 0 heterocycles. The molecule has 7 nitrogen and oxygen atoms in total. The van der Waals surface area contributed by atoms with Crippen molar-refractivity contribution in [2.75, 3.05) is 5.75 Å². The first kappa shape index (κ1) is 34.3. The van der Waals surface area contributed by atoms with E-state index in [2.05, 4.69) is 0 Å². The predicted molar refractivity (Wildman–Crippen MR) is 182 cm³/mol. The number of ether oxygens (including phenoxy) is 3. The van der Waals surface area contributed by atoms with Gasteiger partial charge in [0.05, 0.1) is 29.5 Å². The van der Waals surface area contributed by atoms with Crippen LogP contribution >= 0.6 is 10.3 Å². The van der Waals surface area contributed by atoms with Gasteiger partial charge in [-0.05, 0) is 149 Å². The lowest BCUT2D eigenvalue weighted by atomic mass is 9.70. The van der Waals surface area contributed by atoms with Crippen molar-refractivity contribution in [1.29, 1.82) is 0 Å². The Kier molecular flexibility index (Phi) is 9.62. The van der Waals surface area contributed by atoms with E-state index in [1.165, 1.54) is 0 Å². The molecule has 2 unspecified atom stereocenters. The van der Waals surface area contributed by atoms with Crippen molar-refractivity contribution in [2.24, 2.45) is 16.7 Å². The summed E-state index contributed by atoms with van der Waals surface area (Å²) in [5, 5.41) is 0. The number of hydrogen-bond donors (Lipinski definition) is 0. The molecule has 2 saturated carbocycles. The smallest absolute Gasteiger partial charge is 0.278 e. The Labute approximate surface area is 276 Å². The Bertz CT molecular complexity index is 1500. The summed E-state index contributed by atoms with van der Waals surface area (Å²) in [6, 6.07) is 22.4. The van der Waals surface area contributed by atoms with Gasteiger partial charge in [-0.25, -0.2) is 3.63 Å². The van der Waals surface area contributed by atoms with E-state index in [0.717, 1.165) is 6.42 Å². The van der Waals surface area contributed by atoms with Crippen molar-refractivity contribution in [3.8, 4) is 17.2 Å². The van der Waals surface area contributed by atoms with Gasteiger partial charge in [-0.2, -0.15) is 8.42 Å². The van der Waals surface area contributed by atoms with Crippen molar-refractivity contribution in [3.63, 3.8) is 0 Å². The van der Waals surface area contributed by atoms with E-state index in [9.17, 15) is 13.2 Å². The molecule has 5 rings (SSSR count). The zero-order valence-electron chi connectivity index (χ0n) is 28.2. The van der Waals surface area contributed by atoms with Crippen molar-refractivity contribution in [1.82, 2.24) is 0 Å². The molecule has 0 aromatic heterocycles. The molecule has 2 bridgehead atoms. The Hall–Kier alpha value is -3.01.